The minimum absolute atomic E-state index is 0.0454. The standard InChI is InChI=1S/C24H30F4N4O2/c1-5-16-14-32(22(33)34-23(2,3)4)11-10-18(16)31-21-19(12-15-6-8-17(25)9-7-15)30-20(13-29-21)24(26,27)28/h6-9,13,16,18H,5,10-12,14H2,1-4H3,(H,29,31)/t16-,18-/m0/s1. The molecule has 186 valence electrons. The van der Waals surface area contributed by atoms with E-state index in [1.165, 1.54) is 24.3 Å². The molecule has 6 nitrogen and oxygen atoms in total. The van der Waals surface area contributed by atoms with Crippen LogP contribution in [-0.2, 0) is 17.3 Å². The van der Waals surface area contributed by atoms with Gasteiger partial charge in [-0.15, -0.1) is 0 Å². The highest BCUT2D eigenvalue weighted by molar-refractivity contribution is 5.68. The number of halogens is 4. The van der Waals surface area contributed by atoms with Gasteiger partial charge in [-0.3, -0.25) is 0 Å². The first-order chi connectivity index (χ1) is 15.9. The monoisotopic (exact) mass is 482 g/mol. The van der Waals surface area contributed by atoms with Gasteiger partial charge in [0.2, 0.25) is 0 Å². The van der Waals surface area contributed by atoms with E-state index < -0.39 is 23.3 Å². The Morgan fingerprint density at radius 1 is 1.21 bits per heavy atom. The Bertz CT molecular complexity index is 990. The van der Waals surface area contributed by atoms with Gasteiger partial charge in [0, 0.05) is 25.6 Å². The van der Waals surface area contributed by atoms with Crippen LogP contribution in [0.25, 0.3) is 0 Å². The molecule has 1 aromatic carbocycles. The molecule has 0 saturated carbocycles. The average Bonchev–Trinajstić information content (AvgIpc) is 2.74. The molecule has 1 N–H and O–H groups in total. The number of hydrogen-bond acceptors (Lipinski definition) is 5. The van der Waals surface area contributed by atoms with Gasteiger partial charge in [-0.1, -0.05) is 19.1 Å². The summed E-state index contributed by atoms with van der Waals surface area (Å²) in [6.07, 6.45) is -2.90. The van der Waals surface area contributed by atoms with Gasteiger partial charge >= 0.3 is 12.3 Å². The van der Waals surface area contributed by atoms with Crippen LogP contribution >= 0.6 is 0 Å². The number of carbonyl (C=O) groups excluding carboxylic acids is 1. The fourth-order valence-corrected chi connectivity index (χ4v) is 3.91. The first kappa shape index (κ1) is 25.7. The molecule has 10 heteroatoms. The van der Waals surface area contributed by atoms with E-state index in [1.54, 1.807) is 4.90 Å². The Morgan fingerprint density at radius 3 is 2.47 bits per heavy atom. The molecule has 2 heterocycles. The van der Waals surface area contributed by atoms with E-state index >= 15 is 0 Å². The van der Waals surface area contributed by atoms with Crippen LogP contribution in [0.15, 0.2) is 30.5 Å². The second kappa shape index (κ2) is 10.1. The molecular weight excluding hydrogens is 452 g/mol. The summed E-state index contributed by atoms with van der Waals surface area (Å²) >= 11 is 0. The summed E-state index contributed by atoms with van der Waals surface area (Å²) in [7, 11) is 0. The van der Waals surface area contributed by atoms with Crippen LogP contribution in [-0.4, -0.2) is 45.7 Å². The lowest BCUT2D eigenvalue weighted by atomic mass is 9.90. The van der Waals surface area contributed by atoms with E-state index in [9.17, 15) is 22.4 Å². The van der Waals surface area contributed by atoms with Gasteiger partial charge in [0.1, 0.15) is 17.2 Å². The van der Waals surface area contributed by atoms with E-state index in [0.717, 1.165) is 6.42 Å². The number of hydrogen-bond donors (Lipinski definition) is 1. The van der Waals surface area contributed by atoms with Crippen LogP contribution in [0.2, 0.25) is 0 Å². The molecule has 34 heavy (non-hydrogen) atoms. The average molecular weight is 483 g/mol. The largest absolute Gasteiger partial charge is 0.444 e. The number of ether oxygens (including phenoxy) is 1. The molecule has 0 spiro atoms. The number of alkyl halides is 3. The molecule has 1 amide bonds. The van der Waals surface area contributed by atoms with Gasteiger partial charge in [0.15, 0.2) is 5.69 Å². The van der Waals surface area contributed by atoms with Crippen LogP contribution in [0.5, 0.6) is 0 Å². The smallest absolute Gasteiger partial charge is 0.434 e. The zero-order chi connectivity index (χ0) is 25.1. The molecule has 1 aromatic heterocycles. The van der Waals surface area contributed by atoms with Crippen molar-refractivity contribution >= 4 is 11.9 Å². The number of aromatic nitrogens is 2. The number of likely N-dealkylation sites (tertiary alicyclic amines) is 1. The molecule has 3 rings (SSSR count). The molecule has 0 unspecified atom stereocenters. The molecule has 2 aromatic rings. The SMILES string of the molecule is CC[C@H]1CN(C(=O)OC(C)(C)C)CC[C@@H]1Nc1ncc(C(F)(F)F)nc1Cc1ccc(F)cc1. The summed E-state index contributed by atoms with van der Waals surface area (Å²) in [6, 6.07) is 5.41. The second-order valence-corrected chi connectivity index (χ2v) is 9.49. The number of nitrogens with zero attached hydrogens (tertiary/aromatic N) is 3. The Labute approximate surface area is 196 Å². The lowest BCUT2D eigenvalue weighted by Crippen LogP contribution is -2.49. The number of amides is 1. The first-order valence-electron chi connectivity index (χ1n) is 11.3. The predicted octanol–water partition coefficient (Wildman–Crippen LogP) is 5.67. The van der Waals surface area contributed by atoms with E-state index in [2.05, 4.69) is 15.3 Å². The topological polar surface area (TPSA) is 67.3 Å². The van der Waals surface area contributed by atoms with E-state index in [1.807, 2.05) is 27.7 Å². The van der Waals surface area contributed by atoms with Gasteiger partial charge in [-0.2, -0.15) is 13.2 Å². The van der Waals surface area contributed by atoms with E-state index in [-0.39, 0.29) is 36.0 Å². The Kier molecular flexibility index (Phi) is 7.67. The van der Waals surface area contributed by atoms with Crippen LogP contribution in [0, 0.1) is 11.7 Å². The molecular formula is C24H30F4N4O2. The van der Waals surface area contributed by atoms with Crippen molar-refractivity contribution in [3.63, 3.8) is 0 Å². The summed E-state index contributed by atoms with van der Waals surface area (Å²) in [4.78, 5) is 22.0. The van der Waals surface area contributed by atoms with E-state index in [4.69, 9.17) is 4.74 Å². The van der Waals surface area contributed by atoms with Gasteiger partial charge in [0.25, 0.3) is 0 Å². The number of nitrogens with one attached hydrogen (secondary N) is 1. The summed E-state index contributed by atoms with van der Waals surface area (Å²) in [5.74, 6) is -0.129. The van der Waals surface area contributed by atoms with Gasteiger partial charge in [0.05, 0.1) is 11.9 Å². The minimum atomic E-state index is -4.63. The fraction of sp³-hybridized carbons (Fsp3) is 0.542. The fourth-order valence-electron chi connectivity index (χ4n) is 3.91. The molecule has 1 fully saturated rings. The zero-order valence-electron chi connectivity index (χ0n) is 19.7. The number of rotatable bonds is 5. The highest BCUT2D eigenvalue weighted by Gasteiger charge is 2.36. The Balaban J connectivity index is 1.80. The Hall–Kier alpha value is -2.91. The van der Waals surface area contributed by atoms with Gasteiger partial charge in [-0.05, 0) is 57.2 Å². The van der Waals surface area contributed by atoms with Crippen molar-refractivity contribution in [2.75, 3.05) is 18.4 Å². The quantitative estimate of drug-likeness (QED) is 0.556. The van der Waals surface area contributed by atoms with Crippen LogP contribution < -0.4 is 5.32 Å². The third-order valence-corrected chi connectivity index (χ3v) is 5.65. The van der Waals surface area contributed by atoms with Gasteiger partial charge < -0.3 is 15.0 Å². The maximum Gasteiger partial charge on any atom is 0.434 e. The molecule has 0 radical (unpaired) electrons. The van der Waals surface area contributed by atoms with Crippen molar-refractivity contribution < 1.29 is 27.1 Å². The molecule has 1 saturated heterocycles. The third kappa shape index (κ3) is 6.80. The minimum Gasteiger partial charge on any atom is -0.444 e. The molecule has 0 aliphatic carbocycles. The molecule has 2 atom stereocenters. The van der Waals surface area contributed by atoms with Crippen molar-refractivity contribution in [2.24, 2.45) is 5.92 Å². The van der Waals surface area contributed by atoms with Gasteiger partial charge in [-0.25, -0.2) is 19.2 Å². The summed E-state index contributed by atoms with van der Waals surface area (Å²) in [6.45, 7) is 8.33. The number of anilines is 1. The first-order valence-corrected chi connectivity index (χ1v) is 11.3. The highest BCUT2D eigenvalue weighted by atomic mass is 19.4. The maximum atomic E-state index is 13.3. The van der Waals surface area contributed by atoms with Crippen LogP contribution in [0.4, 0.5) is 28.2 Å². The lowest BCUT2D eigenvalue weighted by molar-refractivity contribution is -0.141. The van der Waals surface area contributed by atoms with Crippen molar-refractivity contribution in [1.82, 2.24) is 14.9 Å². The van der Waals surface area contributed by atoms with Crippen molar-refractivity contribution in [3.8, 4) is 0 Å². The number of benzene rings is 1. The zero-order valence-corrected chi connectivity index (χ0v) is 19.7. The second-order valence-electron chi connectivity index (χ2n) is 9.49. The van der Waals surface area contributed by atoms with Crippen LogP contribution in [0.3, 0.4) is 0 Å². The molecule has 1 aliphatic heterocycles. The molecule has 1 aliphatic rings. The third-order valence-electron chi connectivity index (χ3n) is 5.65. The summed E-state index contributed by atoms with van der Waals surface area (Å²) in [5, 5.41) is 3.27. The molecule has 0 bridgehead atoms. The van der Waals surface area contributed by atoms with Crippen molar-refractivity contribution in [3.05, 3.63) is 53.2 Å². The van der Waals surface area contributed by atoms with Crippen molar-refractivity contribution in [1.29, 1.82) is 0 Å². The maximum absolute atomic E-state index is 13.3. The number of piperidine rings is 1. The summed E-state index contributed by atoms with van der Waals surface area (Å²) < 4.78 is 58.6. The van der Waals surface area contributed by atoms with Crippen molar-refractivity contribution in [2.45, 2.75) is 64.8 Å². The normalized spacial score (nSPS) is 19.1. The predicted molar refractivity (Wildman–Crippen MR) is 120 cm³/mol. The highest BCUT2D eigenvalue weighted by Crippen LogP contribution is 2.31. The lowest BCUT2D eigenvalue weighted by Gasteiger charge is -2.39. The van der Waals surface area contributed by atoms with Crippen LogP contribution in [0.1, 0.15) is 57.5 Å². The Morgan fingerprint density at radius 2 is 1.88 bits per heavy atom. The summed E-state index contributed by atoms with van der Waals surface area (Å²) in [5.41, 5.74) is -0.934. The van der Waals surface area contributed by atoms with E-state index in [0.29, 0.717) is 31.3 Å². The number of carbonyl (C=O) groups is 1.